The molecule has 1 N–H and O–H groups in total. The summed E-state index contributed by atoms with van der Waals surface area (Å²) in [5.41, 5.74) is 2.51. The van der Waals surface area contributed by atoms with Crippen molar-refractivity contribution in [1.82, 2.24) is 0 Å². The number of anilines is 1. The lowest BCUT2D eigenvalue weighted by Gasteiger charge is -2.18. The predicted octanol–water partition coefficient (Wildman–Crippen LogP) is 4.39. The van der Waals surface area contributed by atoms with E-state index < -0.39 is 0 Å². The van der Waals surface area contributed by atoms with Gasteiger partial charge in [0.1, 0.15) is 5.75 Å². The maximum Gasteiger partial charge on any atom is 0.143 e. The van der Waals surface area contributed by atoms with Gasteiger partial charge in [0, 0.05) is 17.1 Å². The molecule has 2 rings (SSSR count). The molecular weight excluding hydrogens is 272 g/mol. The summed E-state index contributed by atoms with van der Waals surface area (Å²) >= 11 is 6.00. The molecule has 0 radical (unpaired) electrons. The maximum atomic E-state index is 8.90. The zero-order valence-electron chi connectivity index (χ0n) is 11.4. The molecule has 1 atom stereocenters. The van der Waals surface area contributed by atoms with Crippen LogP contribution in [0.15, 0.2) is 42.5 Å². The first kappa shape index (κ1) is 14.2. The van der Waals surface area contributed by atoms with Crippen LogP contribution in [0.2, 0.25) is 5.02 Å². The number of nitrogens with one attached hydrogen (secondary N) is 1. The monoisotopic (exact) mass is 286 g/mol. The quantitative estimate of drug-likeness (QED) is 0.906. The van der Waals surface area contributed by atoms with Gasteiger partial charge in [-0.3, -0.25) is 0 Å². The van der Waals surface area contributed by atoms with Crippen LogP contribution in [0.1, 0.15) is 24.1 Å². The first-order chi connectivity index (χ1) is 9.63. The van der Waals surface area contributed by atoms with Gasteiger partial charge in [-0.15, -0.1) is 0 Å². The molecule has 20 heavy (non-hydrogen) atoms. The Labute approximate surface area is 123 Å². The second kappa shape index (κ2) is 6.31. The molecule has 3 nitrogen and oxygen atoms in total. The molecule has 0 aliphatic carbocycles. The van der Waals surface area contributed by atoms with E-state index >= 15 is 0 Å². The van der Waals surface area contributed by atoms with Crippen molar-refractivity contribution < 1.29 is 4.74 Å². The van der Waals surface area contributed by atoms with Crippen LogP contribution in [0.3, 0.4) is 0 Å². The van der Waals surface area contributed by atoms with Gasteiger partial charge in [-0.1, -0.05) is 23.7 Å². The molecule has 2 aromatic carbocycles. The third-order valence-corrected chi connectivity index (χ3v) is 3.29. The highest BCUT2D eigenvalue weighted by Gasteiger charge is 2.10. The normalized spacial score (nSPS) is 11.5. The molecule has 0 spiro atoms. The van der Waals surface area contributed by atoms with Crippen LogP contribution in [-0.2, 0) is 0 Å². The fourth-order valence-electron chi connectivity index (χ4n) is 1.97. The van der Waals surface area contributed by atoms with Gasteiger partial charge < -0.3 is 10.1 Å². The molecule has 0 aromatic heterocycles. The highest BCUT2D eigenvalue weighted by atomic mass is 35.5. The molecule has 4 heteroatoms. The molecule has 0 saturated heterocycles. The second-order valence-electron chi connectivity index (χ2n) is 4.45. The van der Waals surface area contributed by atoms with Crippen molar-refractivity contribution in [3.8, 4) is 11.8 Å². The molecule has 0 aliphatic heterocycles. The van der Waals surface area contributed by atoms with Crippen molar-refractivity contribution in [1.29, 1.82) is 5.26 Å². The molecule has 102 valence electrons. The summed E-state index contributed by atoms with van der Waals surface area (Å²) in [6.07, 6.45) is 0. The average Bonchev–Trinajstić information content (AvgIpc) is 2.47. The summed E-state index contributed by atoms with van der Waals surface area (Å²) in [4.78, 5) is 0. The van der Waals surface area contributed by atoms with E-state index in [-0.39, 0.29) is 6.04 Å². The van der Waals surface area contributed by atoms with Gasteiger partial charge in [-0.05, 0) is 36.8 Å². The van der Waals surface area contributed by atoms with Crippen LogP contribution in [0.5, 0.6) is 5.75 Å². The maximum absolute atomic E-state index is 8.90. The first-order valence-corrected chi connectivity index (χ1v) is 6.62. The van der Waals surface area contributed by atoms with E-state index in [1.54, 1.807) is 19.2 Å². The summed E-state index contributed by atoms with van der Waals surface area (Å²) in [7, 11) is 1.59. The molecule has 0 saturated carbocycles. The van der Waals surface area contributed by atoms with E-state index in [1.165, 1.54) is 0 Å². The Morgan fingerprint density at radius 2 is 2.05 bits per heavy atom. The van der Waals surface area contributed by atoms with Crippen LogP contribution < -0.4 is 10.1 Å². The number of nitriles is 1. The van der Waals surface area contributed by atoms with Crippen LogP contribution in [0.25, 0.3) is 0 Å². The number of benzene rings is 2. The molecule has 0 aliphatic rings. The van der Waals surface area contributed by atoms with Crippen molar-refractivity contribution in [2.45, 2.75) is 13.0 Å². The highest BCUT2D eigenvalue weighted by molar-refractivity contribution is 6.30. The highest BCUT2D eigenvalue weighted by Crippen LogP contribution is 2.29. The van der Waals surface area contributed by atoms with Crippen LogP contribution in [0.4, 0.5) is 5.69 Å². The summed E-state index contributed by atoms with van der Waals surface area (Å²) in [6, 6.07) is 15.2. The van der Waals surface area contributed by atoms with Crippen molar-refractivity contribution in [3.05, 3.63) is 58.6 Å². The number of methoxy groups -OCH3 is 1. The minimum Gasteiger partial charge on any atom is -0.495 e. The number of hydrogen-bond donors (Lipinski definition) is 1. The zero-order valence-corrected chi connectivity index (χ0v) is 12.1. The van der Waals surface area contributed by atoms with Gasteiger partial charge >= 0.3 is 0 Å². The van der Waals surface area contributed by atoms with Gasteiger partial charge in [-0.2, -0.15) is 5.26 Å². The van der Waals surface area contributed by atoms with E-state index in [4.69, 9.17) is 21.6 Å². The van der Waals surface area contributed by atoms with Crippen molar-refractivity contribution >= 4 is 17.3 Å². The van der Waals surface area contributed by atoms with E-state index in [9.17, 15) is 0 Å². The Hall–Kier alpha value is -2.18. The Kier molecular flexibility index (Phi) is 4.49. The largest absolute Gasteiger partial charge is 0.495 e. The zero-order chi connectivity index (χ0) is 14.5. The van der Waals surface area contributed by atoms with E-state index in [1.807, 2.05) is 37.3 Å². The van der Waals surface area contributed by atoms with E-state index in [0.717, 1.165) is 11.3 Å². The summed E-state index contributed by atoms with van der Waals surface area (Å²) < 4.78 is 5.31. The minimum atomic E-state index is 0.0792. The van der Waals surface area contributed by atoms with Gasteiger partial charge in [0.05, 0.1) is 24.4 Å². The Bertz CT molecular complexity index is 649. The molecule has 1 unspecified atom stereocenters. The van der Waals surface area contributed by atoms with Gasteiger partial charge in [-0.25, -0.2) is 0 Å². The van der Waals surface area contributed by atoms with Gasteiger partial charge in [0.15, 0.2) is 0 Å². The van der Waals surface area contributed by atoms with Crippen LogP contribution in [0, 0.1) is 11.3 Å². The summed E-state index contributed by atoms with van der Waals surface area (Å²) in [5.74, 6) is 0.651. The van der Waals surface area contributed by atoms with E-state index in [0.29, 0.717) is 16.3 Å². The van der Waals surface area contributed by atoms with E-state index in [2.05, 4.69) is 11.4 Å². The third kappa shape index (κ3) is 3.23. The Morgan fingerprint density at radius 3 is 2.70 bits per heavy atom. The van der Waals surface area contributed by atoms with Crippen molar-refractivity contribution in [2.24, 2.45) is 0 Å². The van der Waals surface area contributed by atoms with Crippen molar-refractivity contribution in [2.75, 3.05) is 12.4 Å². The van der Waals surface area contributed by atoms with Crippen LogP contribution >= 0.6 is 11.6 Å². The number of rotatable bonds is 4. The standard InChI is InChI=1S/C16H15ClN2O/c1-11(13-4-3-5-14(17)9-13)19-15-7-6-12(10-18)8-16(15)20-2/h3-9,11,19H,1-2H3. The summed E-state index contributed by atoms with van der Waals surface area (Å²) in [6.45, 7) is 2.04. The molecular formula is C16H15ClN2O. The average molecular weight is 287 g/mol. The number of hydrogen-bond acceptors (Lipinski definition) is 3. The first-order valence-electron chi connectivity index (χ1n) is 6.24. The van der Waals surface area contributed by atoms with Gasteiger partial charge in [0.2, 0.25) is 0 Å². The molecule has 2 aromatic rings. The number of halogens is 1. The Morgan fingerprint density at radius 1 is 1.25 bits per heavy atom. The lowest BCUT2D eigenvalue weighted by Crippen LogP contribution is -2.07. The van der Waals surface area contributed by atoms with Crippen LogP contribution in [-0.4, -0.2) is 7.11 Å². The van der Waals surface area contributed by atoms with Gasteiger partial charge in [0.25, 0.3) is 0 Å². The fourth-order valence-corrected chi connectivity index (χ4v) is 2.17. The van der Waals surface area contributed by atoms with Crippen molar-refractivity contribution in [3.63, 3.8) is 0 Å². The molecule has 0 bridgehead atoms. The molecule has 0 heterocycles. The predicted molar refractivity (Wildman–Crippen MR) is 81.2 cm³/mol. The molecule has 0 amide bonds. The number of ether oxygens (including phenoxy) is 1. The smallest absolute Gasteiger partial charge is 0.143 e. The SMILES string of the molecule is COc1cc(C#N)ccc1NC(C)c1cccc(Cl)c1. The summed E-state index contributed by atoms with van der Waals surface area (Å²) in [5, 5.41) is 13.0. The molecule has 0 fully saturated rings. The number of nitrogens with zero attached hydrogens (tertiary/aromatic N) is 1. The second-order valence-corrected chi connectivity index (χ2v) is 4.88. The fraction of sp³-hybridized carbons (Fsp3) is 0.188. The minimum absolute atomic E-state index is 0.0792. The lowest BCUT2D eigenvalue weighted by molar-refractivity contribution is 0.416. The third-order valence-electron chi connectivity index (χ3n) is 3.05. The lowest BCUT2D eigenvalue weighted by atomic mass is 10.1. The topological polar surface area (TPSA) is 45.0 Å². The Balaban J connectivity index is 2.23.